The normalized spacial score (nSPS) is 11.2. The molecule has 0 bridgehead atoms. The van der Waals surface area contributed by atoms with Crippen LogP contribution < -0.4 is 10.9 Å². The number of carbonyl (C=O) groups is 1. The average molecular weight is 317 g/mol. The second-order valence-electron chi connectivity index (χ2n) is 4.06. The zero-order valence-electron chi connectivity index (χ0n) is 10.3. The van der Waals surface area contributed by atoms with Crippen LogP contribution in [0.4, 0.5) is 18.9 Å². The van der Waals surface area contributed by atoms with Crippen LogP contribution in [-0.4, -0.2) is 10.9 Å². The van der Waals surface area contributed by atoms with E-state index in [2.05, 4.69) is 10.3 Å². The summed E-state index contributed by atoms with van der Waals surface area (Å²) in [5.41, 5.74) is -2.02. The molecule has 2 rings (SSSR count). The van der Waals surface area contributed by atoms with E-state index in [4.69, 9.17) is 11.6 Å². The topological polar surface area (TPSA) is 62.0 Å². The lowest BCUT2D eigenvalue weighted by Gasteiger charge is -2.11. The van der Waals surface area contributed by atoms with Crippen LogP contribution in [0, 0.1) is 0 Å². The van der Waals surface area contributed by atoms with Gasteiger partial charge in [-0.3, -0.25) is 9.59 Å². The molecule has 0 unspecified atom stereocenters. The molecule has 1 aromatic heterocycles. The fourth-order valence-electron chi connectivity index (χ4n) is 1.62. The Hall–Kier alpha value is -2.28. The average Bonchev–Trinajstić information content (AvgIpc) is 2.40. The van der Waals surface area contributed by atoms with Crippen molar-refractivity contribution < 1.29 is 18.0 Å². The van der Waals surface area contributed by atoms with Gasteiger partial charge in [0.2, 0.25) is 0 Å². The standard InChI is InChI=1S/C13H8ClF3N2O2/c14-10-4-3-7(6-9(10)13(15,16)17)19-12(21)8-2-1-5-18-11(8)20/h1-6H,(H,18,20)(H,19,21). The van der Waals surface area contributed by atoms with Crippen LogP contribution in [0.2, 0.25) is 5.02 Å². The highest BCUT2D eigenvalue weighted by Gasteiger charge is 2.33. The fourth-order valence-corrected chi connectivity index (χ4v) is 1.84. The number of aromatic amines is 1. The summed E-state index contributed by atoms with van der Waals surface area (Å²) in [6, 6.07) is 5.63. The van der Waals surface area contributed by atoms with Crippen LogP contribution in [0.3, 0.4) is 0 Å². The van der Waals surface area contributed by atoms with Gasteiger partial charge >= 0.3 is 6.18 Å². The summed E-state index contributed by atoms with van der Waals surface area (Å²) < 4.78 is 38.1. The van der Waals surface area contributed by atoms with Gasteiger partial charge < -0.3 is 10.3 Å². The van der Waals surface area contributed by atoms with Crippen LogP contribution in [0.25, 0.3) is 0 Å². The molecule has 0 fully saturated rings. The number of amides is 1. The lowest BCUT2D eigenvalue weighted by Crippen LogP contribution is -2.22. The molecule has 0 aliphatic carbocycles. The molecule has 0 saturated carbocycles. The largest absolute Gasteiger partial charge is 0.417 e. The number of aromatic nitrogens is 1. The maximum Gasteiger partial charge on any atom is 0.417 e. The molecule has 0 aliphatic rings. The van der Waals surface area contributed by atoms with E-state index < -0.39 is 28.2 Å². The molecule has 1 aromatic carbocycles. The molecule has 21 heavy (non-hydrogen) atoms. The number of nitrogens with one attached hydrogen (secondary N) is 2. The highest BCUT2D eigenvalue weighted by molar-refractivity contribution is 6.31. The van der Waals surface area contributed by atoms with Crippen molar-refractivity contribution in [3.8, 4) is 0 Å². The third-order valence-electron chi connectivity index (χ3n) is 2.59. The van der Waals surface area contributed by atoms with Crippen molar-refractivity contribution in [3.63, 3.8) is 0 Å². The first-order chi connectivity index (χ1) is 9.79. The van der Waals surface area contributed by atoms with Crippen LogP contribution in [0.5, 0.6) is 0 Å². The van der Waals surface area contributed by atoms with Gasteiger partial charge in [-0.25, -0.2) is 0 Å². The number of carbonyl (C=O) groups excluding carboxylic acids is 1. The number of hydrogen-bond acceptors (Lipinski definition) is 2. The molecule has 1 amide bonds. The Labute approximate surface area is 121 Å². The molecule has 4 nitrogen and oxygen atoms in total. The Morgan fingerprint density at radius 2 is 1.95 bits per heavy atom. The first-order valence-electron chi connectivity index (χ1n) is 5.65. The van der Waals surface area contributed by atoms with E-state index in [9.17, 15) is 22.8 Å². The van der Waals surface area contributed by atoms with Gasteiger partial charge in [-0.05, 0) is 30.3 Å². The number of anilines is 1. The molecular formula is C13H8ClF3N2O2. The van der Waals surface area contributed by atoms with Crippen molar-refractivity contribution in [2.75, 3.05) is 5.32 Å². The molecule has 0 radical (unpaired) electrons. The Bertz CT molecular complexity index is 741. The Balaban J connectivity index is 2.31. The molecule has 2 N–H and O–H groups in total. The van der Waals surface area contributed by atoms with Crippen molar-refractivity contribution in [2.45, 2.75) is 6.18 Å². The summed E-state index contributed by atoms with van der Waals surface area (Å²) in [7, 11) is 0. The van der Waals surface area contributed by atoms with E-state index in [1.165, 1.54) is 24.4 Å². The van der Waals surface area contributed by atoms with E-state index in [-0.39, 0.29) is 11.3 Å². The molecule has 8 heteroatoms. The summed E-state index contributed by atoms with van der Waals surface area (Å²) in [5, 5.41) is 1.75. The summed E-state index contributed by atoms with van der Waals surface area (Å²) in [4.78, 5) is 25.5. The molecule has 0 atom stereocenters. The van der Waals surface area contributed by atoms with E-state index >= 15 is 0 Å². The number of halogens is 4. The lowest BCUT2D eigenvalue weighted by atomic mass is 10.2. The second-order valence-corrected chi connectivity index (χ2v) is 4.47. The number of benzene rings is 1. The van der Waals surface area contributed by atoms with Gasteiger partial charge in [-0.15, -0.1) is 0 Å². The zero-order chi connectivity index (χ0) is 15.6. The molecule has 1 heterocycles. The third-order valence-corrected chi connectivity index (χ3v) is 2.92. The SMILES string of the molecule is O=C(Nc1ccc(Cl)c(C(F)(F)F)c1)c1ccc[nH]c1=O. The van der Waals surface area contributed by atoms with Crippen molar-refractivity contribution >= 4 is 23.2 Å². The Morgan fingerprint density at radius 1 is 1.24 bits per heavy atom. The van der Waals surface area contributed by atoms with Gasteiger partial charge in [0.05, 0.1) is 10.6 Å². The molecule has 110 valence electrons. The van der Waals surface area contributed by atoms with Crippen LogP contribution in [0.1, 0.15) is 15.9 Å². The van der Waals surface area contributed by atoms with Crippen LogP contribution >= 0.6 is 11.6 Å². The Morgan fingerprint density at radius 3 is 2.57 bits per heavy atom. The summed E-state index contributed by atoms with van der Waals surface area (Å²) in [6.07, 6.45) is -3.30. The van der Waals surface area contributed by atoms with Crippen molar-refractivity contribution in [1.82, 2.24) is 4.98 Å². The van der Waals surface area contributed by atoms with Crippen molar-refractivity contribution in [3.05, 3.63) is 63.0 Å². The molecule has 0 saturated heterocycles. The summed E-state index contributed by atoms with van der Waals surface area (Å²) in [5.74, 6) is -0.813. The Kier molecular flexibility index (Phi) is 4.04. The molecular weight excluding hydrogens is 309 g/mol. The molecule has 2 aromatic rings. The smallest absolute Gasteiger partial charge is 0.328 e. The zero-order valence-corrected chi connectivity index (χ0v) is 11.0. The van der Waals surface area contributed by atoms with Gasteiger partial charge in [0.15, 0.2) is 0 Å². The number of alkyl halides is 3. The number of hydrogen-bond donors (Lipinski definition) is 2. The predicted octanol–water partition coefficient (Wildman–Crippen LogP) is 3.30. The summed E-state index contributed by atoms with van der Waals surface area (Å²) >= 11 is 5.47. The lowest BCUT2D eigenvalue weighted by molar-refractivity contribution is -0.137. The van der Waals surface area contributed by atoms with E-state index in [1.54, 1.807) is 0 Å². The number of pyridine rings is 1. The van der Waals surface area contributed by atoms with Gasteiger partial charge in [0.25, 0.3) is 11.5 Å². The van der Waals surface area contributed by atoms with Gasteiger partial charge in [0.1, 0.15) is 5.56 Å². The quantitative estimate of drug-likeness (QED) is 0.893. The predicted molar refractivity (Wildman–Crippen MR) is 71.5 cm³/mol. The fraction of sp³-hybridized carbons (Fsp3) is 0.0769. The maximum absolute atomic E-state index is 12.7. The second kappa shape index (κ2) is 5.61. The van der Waals surface area contributed by atoms with E-state index in [0.29, 0.717) is 6.07 Å². The number of rotatable bonds is 2. The first kappa shape index (κ1) is 15.1. The highest BCUT2D eigenvalue weighted by atomic mass is 35.5. The van der Waals surface area contributed by atoms with E-state index in [0.717, 1.165) is 6.07 Å². The van der Waals surface area contributed by atoms with Gasteiger partial charge in [-0.2, -0.15) is 13.2 Å². The highest BCUT2D eigenvalue weighted by Crippen LogP contribution is 2.36. The minimum atomic E-state index is -4.64. The van der Waals surface area contributed by atoms with E-state index in [1.807, 2.05) is 0 Å². The van der Waals surface area contributed by atoms with Crippen molar-refractivity contribution in [1.29, 1.82) is 0 Å². The minimum absolute atomic E-state index is 0.111. The monoisotopic (exact) mass is 316 g/mol. The van der Waals surface area contributed by atoms with Gasteiger partial charge in [0, 0.05) is 11.9 Å². The van der Waals surface area contributed by atoms with Gasteiger partial charge in [-0.1, -0.05) is 11.6 Å². The molecule has 0 aliphatic heterocycles. The first-order valence-corrected chi connectivity index (χ1v) is 6.02. The minimum Gasteiger partial charge on any atom is -0.328 e. The maximum atomic E-state index is 12.7. The van der Waals surface area contributed by atoms with Crippen molar-refractivity contribution in [2.24, 2.45) is 0 Å². The number of H-pyrrole nitrogens is 1. The summed E-state index contributed by atoms with van der Waals surface area (Å²) in [6.45, 7) is 0. The van der Waals surface area contributed by atoms with Crippen LogP contribution in [-0.2, 0) is 6.18 Å². The third kappa shape index (κ3) is 3.43. The molecule has 0 spiro atoms. The van der Waals surface area contributed by atoms with Crippen LogP contribution in [0.15, 0.2) is 41.3 Å².